The Hall–Kier alpha value is -1.36. The van der Waals surface area contributed by atoms with Gasteiger partial charge in [0.1, 0.15) is 5.76 Å². The minimum absolute atomic E-state index is 0.0472. The van der Waals surface area contributed by atoms with E-state index < -0.39 is 0 Å². The maximum atomic E-state index is 11.6. The van der Waals surface area contributed by atoms with Crippen LogP contribution in [0.15, 0.2) is 4.52 Å². The number of hydrogen-bond donors (Lipinski definition) is 2. The summed E-state index contributed by atoms with van der Waals surface area (Å²) >= 11 is 0. The van der Waals surface area contributed by atoms with Gasteiger partial charge in [0.2, 0.25) is 5.91 Å². The summed E-state index contributed by atoms with van der Waals surface area (Å²) in [5, 5.41) is 6.82. The van der Waals surface area contributed by atoms with Gasteiger partial charge in [-0.05, 0) is 40.2 Å². The van der Waals surface area contributed by atoms with Crippen molar-refractivity contribution in [3.8, 4) is 0 Å². The van der Waals surface area contributed by atoms with Crippen molar-refractivity contribution >= 4 is 5.91 Å². The second kappa shape index (κ2) is 6.39. The summed E-state index contributed by atoms with van der Waals surface area (Å²) < 4.78 is 5.08. The van der Waals surface area contributed by atoms with Crippen LogP contribution in [-0.2, 0) is 4.79 Å². The van der Waals surface area contributed by atoms with E-state index >= 15 is 0 Å². The van der Waals surface area contributed by atoms with Crippen LogP contribution in [0.25, 0.3) is 0 Å². The minimum Gasteiger partial charge on any atom is -0.361 e. The van der Waals surface area contributed by atoms with Gasteiger partial charge in [0.15, 0.2) is 0 Å². The largest absolute Gasteiger partial charge is 0.361 e. The first-order valence-corrected chi connectivity index (χ1v) is 5.98. The lowest BCUT2D eigenvalue weighted by molar-refractivity contribution is -0.121. The zero-order valence-corrected chi connectivity index (χ0v) is 10.7. The van der Waals surface area contributed by atoms with Crippen molar-refractivity contribution in [3.05, 3.63) is 17.0 Å². The highest BCUT2D eigenvalue weighted by atomic mass is 16.5. The average Bonchev–Trinajstić information content (AvgIpc) is 2.58. The van der Waals surface area contributed by atoms with Crippen LogP contribution in [0.5, 0.6) is 0 Å². The molecular weight excluding hydrogens is 218 g/mol. The van der Waals surface area contributed by atoms with Gasteiger partial charge >= 0.3 is 0 Å². The summed E-state index contributed by atoms with van der Waals surface area (Å²) in [7, 11) is 0. The Balaban J connectivity index is 2.49. The fourth-order valence-corrected chi connectivity index (χ4v) is 1.92. The van der Waals surface area contributed by atoms with Crippen molar-refractivity contribution in [1.82, 2.24) is 10.5 Å². The molecule has 1 rings (SSSR count). The van der Waals surface area contributed by atoms with Gasteiger partial charge < -0.3 is 15.6 Å². The van der Waals surface area contributed by atoms with Gasteiger partial charge in [0, 0.05) is 12.0 Å². The van der Waals surface area contributed by atoms with E-state index in [1.54, 1.807) is 0 Å². The number of nitrogens with two attached hydrogens (primary N) is 1. The fourth-order valence-electron chi connectivity index (χ4n) is 1.92. The van der Waals surface area contributed by atoms with Crippen LogP contribution in [0.2, 0.25) is 0 Å². The maximum Gasteiger partial charge on any atom is 0.220 e. The molecule has 1 heterocycles. The van der Waals surface area contributed by atoms with Crippen LogP contribution in [0.3, 0.4) is 0 Å². The molecule has 0 radical (unpaired) electrons. The number of aryl methyl sites for hydroxylation is 2. The van der Waals surface area contributed by atoms with Gasteiger partial charge in [-0.25, -0.2) is 0 Å². The van der Waals surface area contributed by atoms with Gasteiger partial charge in [-0.2, -0.15) is 0 Å². The molecule has 1 amide bonds. The van der Waals surface area contributed by atoms with Gasteiger partial charge in [-0.1, -0.05) is 5.16 Å². The highest BCUT2D eigenvalue weighted by Gasteiger charge is 2.17. The molecule has 0 aliphatic carbocycles. The van der Waals surface area contributed by atoms with E-state index in [1.807, 2.05) is 20.8 Å². The molecule has 17 heavy (non-hydrogen) atoms. The van der Waals surface area contributed by atoms with Crippen LogP contribution < -0.4 is 11.1 Å². The van der Waals surface area contributed by atoms with Crippen LogP contribution in [0, 0.1) is 13.8 Å². The Morgan fingerprint density at radius 3 is 2.71 bits per heavy atom. The van der Waals surface area contributed by atoms with E-state index in [2.05, 4.69) is 10.5 Å². The SMILES string of the molecule is Cc1noc(C)c1C(C)NC(=O)CCCCN. The molecular formula is C12H21N3O2. The van der Waals surface area contributed by atoms with Crippen molar-refractivity contribution in [2.45, 2.75) is 46.1 Å². The molecule has 1 aromatic heterocycles. The lowest BCUT2D eigenvalue weighted by Crippen LogP contribution is -2.27. The smallest absolute Gasteiger partial charge is 0.220 e. The van der Waals surface area contributed by atoms with E-state index in [9.17, 15) is 4.79 Å². The Labute approximate surface area is 102 Å². The third-order valence-corrected chi connectivity index (χ3v) is 2.76. The van der Waals surface area contributed by atoms with Crippen molar-refractivity contribution in [2.75, 3.05) is 6.54 Å². The molecule has 0 saturated heterocycles. The monoisotopic (exact) mass is 239 g/mol. The van der Waals surface area contributed by atoms with Crippen LogP contribution >= 0.6 is 0 Å². The number of unbranched alkanes of at least 4 members (excludes halogenated alkanes) is 1. The van der Waals surface area contributed by atoms with Crippen molar-refractivity contribution < 1.29 is 9.32 Å². The molecule has 0 bridgehead atoms. The summed E-state index contributed by atoms with van der Waals surface area (Å²) in [6, 6.07) is -0.0633. The van der Waals surface area contributed by atoms with Crippen LogP contribution in [-0.4, -0.2) is 17.6 Å². The number of amides is 1. The van der Waals surface area contributed by atoms with Crippen LogP contribution in [0.4, 0.5) is 0 Å². The second-order valence-electron chi connectivity index (χ2n) is 4.27. The zero-order chi connectivity index (χ0) is 12.8. The molecule has 0 spiro atoms. The molecule has 3 N–H and O–H groups in total. The summed E-state index contributed by atoms with van der Waals surface area (Å²) in [5.74, 6) is 0.809. The van der Waals surface area contributed by atoms with Crippen molar-refractivity contribution in [3.63, 3.8) is 0 Å². The van der Waals surface area contributed by atoms with E-state index in [1.165, 1.54) is 0 Å². The number of carbonyl (C=O) groups is 1. The number of hydrogen-bond acceptors (Lipinski definition) is 4. The zero-order valence-electron chi connectivity index (χ0n) is 10.7. The Bertz CT molecular complexity index is 354. The summed E-state index contributed by atoms with van der Waals surface area (Å²) in [5.41, 5.74) is 7.18. The summed E-state index contributed by atoms with van der Waals surface area (Å²) in [6.45, 7) is 6.30. The molecule has 1 atom stereocenters. The highest BCUT2D eigenvalue weighted by molar-refractivity contribution is 5.76. The van der Waals surface area contributed by atoms with E-state index in [0.717, 1.165) is 29.9 Å². The molecule has 0 aliphatic heterocycles. The Morgan fingerprint density at radius 1 is 1.47 bits per heavy atom. The number of nitrogens with one attached hydrogen (secondary N) is 1. The van der Waals surface area contributed by atoms with Gasteiger partial charge in [-0.3, -0.25) is 4.79 Å². The van der Waals surface area contributed by atoms with Gasteiger partial charge in [-0.15, -0.1) is 0 Å². The molecule has 0 aromatic carbocycles. The summed E-state index contributed by atoms with van der Waals surface area (Å²) in [4.78, 5) is 11.6. The second-order valence-corrected chi connectivity index (χ2v) is 4.27. The molecule has 0 aliphatic rings. The molecule has 5 heteroatoms. The van der Waals surface area contributed by atoms with Crippen molar-refractivity contribution in [1.29, 1.82) is 0 Å². The van der Waals surface area contributed by atoms with Gasteiger partial charge in [0.05, 0.1) is 11.7 Å². The molecule has 1 aromatic rings. The molecule has 0 saturated carbocycles. The Kier molecular flexibility index (Phi) is 5.15. The number of rotatable bonds is 6. The van der Waals surface area contributed by atoms with E-state index in [4.69, 9.17) is 10.3 Å². The number of carbonyl (C=O) groups excluding carboxylic acids is 1. The third kappa shape index (κ3) is 3.85. The van der Waals surface area contributed by atoms with E-state index in [-0.39, 0.29) is 11.9 Å². The van der Waals surface area contributed by atoms with Gasteiger partial charge in [0.25, 0.3) is 0 Å². The third-order valence-electron chi connectivity index (χ3n) is 2.76. The normalized spacial score (nSPS) is 12.5. The molecule has 1 unspecified atom stereocenters. The first-order valence-electron chi connectivity index (χ1n) is 5.98. The minimum atomic E-state index is -0.0633. The first-order chi connectivity index (χ1) is 8.06. The molecule has 0 fully saturated rings. The highest BCUT2D eigenvalue weighted by Crippen LogP contribution is 2.20. The van der Waals surface area contributed by atoms with Crippen LogP contribution in [0.1, 0.15) is 49.2 Å². The standard InChI is InChI=1S/C12H21N3O2/c1-8(12-9(2)15-17-10(12)3)14-11(16)6-4-5-7-13/h8H,4-7,13H2,1-3H3,(H,14,16). The molecule has 5 nitrogen and oxygen atoms in total. The fraction of sp³-hybridized carbons (Fsp3) is 0.667. The van der Waals surface area contributed by atoms with Crippen molar-refractivity contribution in [2.24, 2.45) is 5.73 Å². The number of aromatic nitrogens is 1. The number of nitrogens with zero attached hydrogens (tertiary/aromatic N) is 1. The van der Waals surface area contributed by atoms with E-state index in [0.29, 0.717) is 13.0 Å². The summed E-state index contributed by atoms with van der Waals surface area (Å²) in [6.07, 6.45) is 2.23. The molecule has 96 valence electrons. The Morgan fingerprint density at radius 2 is 2.18 bits per heavy atom. The average molecular weight is 239 g/mol. The topological polar surface area (TPSA) is 81.2 Å². The first kappa shape index (κ1) is 13.7. The lowest BCUT2D eigenvalue weighted by Gasteiger charge is -2.13. The quantitative estimate of drug-likeness (QED) is 0.739. The maximum absolute atomic E-state index is 11.6. The predicted molar refractivity (Wildman–Crippen MR) is 65.4 cm³/mol. The predicted octanol–water partition coefficient (Wildman–Crippen LogP) is 1.60. The lowest BCUT2D eigenvalue weighted by atomic mass is 10.1.